The Morgan fingerprint density at radius 1 is 1.50 bits per heavy atom. The van der Waals surface area contributed by atoms with Crippen LogP contribution in [0.5, 0.6) is 0 Å². The molecule has 0 aliphatic carbocycles. The number of aromatic nitrogens is 4. The lowest BCUT2D eigenvalue weighted by Gasteiger charge is -2.27. The van der Waals surface area contributed by atoms with Crippen molar-refractivity contribution in [2.24, 2.45) is 0 Å². The Morgan fingerprint density at radius 2 is 2.30 bits per heavy atom. The number of hydrogen-bond donors (Lipinski definition) is 3. The number of nitrogens with two attached hydrogens (primary N) is 1. The third-order valence-electron chi connectivity index (χ3n) is 3.16. The normalized spacial score (nSPS) is 14.6. The molecular formula is C12H14N8. The molecule has 0 saturated carbocycles. The second kappa shape index (κ2) is 4.79. The molecule has 0 atom stereocenters. The summed E-state index contributed by atoms with van der Waals surface area (Å²) < 4.78 is 1.46. The Hall–Kier alpha value is -2.66. The van der Waals surface area contributed by atoms with Crippen LogP contribution in [0.4, 0.5) is 11.6 Å². The average Bonchev–Trinajstić information content (AvgIpc) is 2.70. The van der Waals surface area contributed by atoms with Gasteiger partial charge in [-0.2, -0.15) is 9.94 Å². The van der Waals surface area contributed by atoms with Gasteiger partial charge in [0.15, 0.2) is 11.6 Å². The van der Waals surface area contributed by atoms with Crippen molar-refractivity contribution in [3.63, 3.8) is 0 Å². The van der Waals surface area contributed by atoms with E-state index in [2.05, 4.69) is 31.8 Å². The lowest BCUT2D eigenvalue weighted by atomic mass is 10.2. The zero-order chi connectivity index (χ0) is 14.1. The van der Waals surface area contributed by atoms with Crippen molar-refractivity contribution >= 4 is 11.6 Å². The maximum Gasteiger partial charge on any atom is 0.169 e. The van der Waals surface area contributed by atoms with Crippen molar-refractivity contribution in [2.75, 3.05) is 24.1 Å². The molecule has 1 aliphatic rings. The fourth-order valence-electron chi connectivity index (χ4n) is 1.96. The summed E-state index contributed by atoms with van der Waals surface area (Å²) in [6.45, 7) is 3.56. The maximum atomic E-state index is 9.25. The molecule has 3 heterocycles. The fraction of sp³-hybridized carbons (Fsp3) is 0.333. The van der Waals surface area contributed by atoms with Crippen LogP contribution in [0.15, 0.2) is 12.4 Å². The molecule has 8 nitrogen and oxygen atoms in total. The molecule has 0 aromatic carbocycles. The first-order chi connectivity index (χ1) is 9.69. The minimum Gasteiger partial charge on any atom is -0.382 e. The number of nitrogens with zero attached hydrogens (tertiary/aromatic N) is 5. The first-order valence-electron chi connectivity index (χ1n) is 6.24. The zero-order valence-electron chi connectivity index (χ0n) is 11.0. The van der Waals surface area contributed by atoms with Gasteiger partial charge in [-0.15, -0.1) is 5.10 Å². The molecule has 2 aromatic rings. The van der Waals surface area contributed by atoms with E-state index in [9.17, 15) is 5.26 Å². The van der Waals surface area contributed by atoms with Gasteiger partial charge in [0.2, 0.25) is 0 Å². The molecule has 8 heteroatoms. The Bertz CT molecular complexity index is 679. The van der Waals surface area contributed by atoms with Gasteiger partial charge in [-0.25, -0.2) is 9.97 Å². The quantitative estimate of drug-likeness (QED) is 0.707. The Balaban J connectivity index is 2.01. The average molecular weight is 270 g/mol. The summed E-state index contributed by atoms with van der Waals surface area (Å²) >= 11 is 0. The van der Waals surface area contributed by atoms with E-state index in [-0.39, 0.29) is 11.9 Å². The summed E-state index contributed by atoms with van der Waals surface area (Å²) in [5.74, 6) is 1.32. The fourth-order valence-corrected chi connectivity index (χ4v) is 1.96. The monoisotopic (exact) mass is 270 g/mol. The van der Waals surface area contributed by atoms with Crippen LogP contribution in [-0.2, 0) is 0 Å². The molecule has 4 N–H and O–H groups in total. The van der Waals surface area contributed by atoms with Crippen molar-refractivity contribution in [2.45, 2.75) is 13.0 Å². The molecule has 20 heavy (non-hydrogen) atoms. The summed E-state index contributed by atoms with van der Waals surface area (Å²) in [6.07, 6.45) is 1.45. The number of aryl methyl sites for hydroxylation is 1. The van der Waals surface area contributed by atoms with Crippen LogP contribution < -0.4 is 16.4 Å². The Labute approximate surface area is 115 Å². The largest absolute Gasteiger partial charge is 0.382 e. The van der Waals surface area contributed by atoms with Gasteiger partial charge in [0, 0.05) is 24.8 Å². The van der Waals surface area contributed by atoms with Gasteiger partial charge in [-0.1, -0.05) is 0 Å². The van der Waals surface area contributed by atoms with Gasteiger partial charge < -0.3 is 16.4 Å². The number of rotatable bonds is 3. The molecule has 1 saturated heterocycles. The molecule has 0 bridgehead atoms. The SMILES string of the molecule is Cc1cc(-n2nc(NC3CNC3)c(C#N)c2N)ncn1. The lowest BCUT2D eigenvalue weighted by Crippen LogP contribution is -2.51. The van der Waals surface area contributed by atoms with Crippen molar-refractivity contribution in [3.05, 3.63) is 23.7 Å². The molecule has 0 spiro atoms. The van der Waals surface area contributed by atoms with Gasteiger partial charge in [-0.05, 0) is 6.92 Å². The maximum absolute atomic E-state index is 9.25. The van der Waals surface area contributed by atoms with Crippen LogP contribution in [0.1, 0.15) is 11.3 Å². The van der Waals surface area contributed by atoms with Gasteiger partial charge in [0.25, 0.3) is 0 Å². The predicted octanol–water partition coefficient (Wildman–Crippen LogP) is -0.192. The molecule has 0 unspecified atom stereocenters. The molecule has 0 amide bonds. The van der Waals surface area contributed by atoms with Crippen LogP contribution in [0, 0.1) is 18.3 Å². The number of anilines is 2. The van der Waals surface area contributed by atoms with Gasteiger partial charge >= 0.3 is 0 Å². The third-order valence-corrected chi connectivity index (χ3v) is 3.16. The first kappa shape index (κ1) is 12.4. The Kier molecular flexibility index (Phi) is 2.96. The molecule has 102 valence electrons. The van der Waals surface area contributed by atoms with Crippen molar-refractivity contribution in [3.8, 4) is 11.9 Å². The predicted molar refractivity (Wildman–Crippen MR) is 73.3 cm³/mol. The number of nitrogen functional groups attached to an aromatic ring is 1. The first-order valence-corrected chi connectivity index (χ1v) is 6.24. The zero-order valence-corrected chi connectivity index (χ0v) is 11.0. The standard InChI is InChI=1S/C12H14N8/c1-7-2-10(17-6-16-7)20-11(14)9(3-13)12(19-20)18-8-4-15-5-8/h2,6,8,15H,4-5,14H2,1H3,(H,18,19). The number of nitrogens with one attached hydrogen (secondary N) is 2. The highest BCUT2D eigenvalue weighted by molar-refractivity contribution is 5.66. The highest BCUT2D eigenvalue weighted by Gasteiger charge is 2.22. The lowest BCUT2D eigenvalue weighted by molar-refractivity contribution is 0.470. The smallest absolute Gasteiger partial charge is 0.169 e. The summed E-state index contributed by atoms with van der Waals surface area (Å²) in [5.41, 5.74) is 7.14. The molecule has 2 aromatic heterocycles. The molecule has 1 fully saturated rings. The van der Waals surface area contributed by atoms with Crippen molar-refractivity contribution in [1.82, 2.24) is 25.1 Å². The highest BCUT2D eigenvalue weighted by Crippen LogP contribution is 2.24. The van der Waals surface area contributed by atoms with E-state index in [1.54, 1.807) is 6.07 Å². The number of hydrogen-bond acceptors (Lipinski definition) is 7. The van der Waals surface area contributed by atoms with E-state index in [1.807, 2.05) is 6.92 Å². The molecule has 0 radical (unpaired) electrons. The van der Waals surface area contributed by atoms with E-state index in [1.165, 1.54) is 11.0 Å². The van der Waals surface area contributed by atoms with E-state index < -0.39 is 0 Å². The van der Waals surface area contributed by atoms with Gasteiger partial charge in [-0.3, -0.25) is 0 Å². The Morgan fingerprint density at radius 3 is 2.90 bits per heavy atom. The minimum atomic E-state index is 0.275. The second-order valence-corrected chi connectivity index (χ2v) is 4.65. The van der Waals surface area contributed by atoms with E-state index in [0.29, 0.717) is 17.2 Å². The highest BCUT2D eigenvalue weighted by atomic mass is 15.4. The van der Waals surface area contributed by atoms with Crippen molar-refractivity contribution < 1.29 is 0 Å². The summed E-state index contributed by atoms with van der Waals surface area (Å²) in [4.78, 5) is 8.17. The second-order valence-electron chi connectivity index (χ2n) is 4.65. The van der Waals surface area contributed by atoms with Crippen LogP contribution >= 0.6 is 0 Å². The van der Waals surface area contributed by atoms with Gasteiger partial charge in [0.05, 0.1) is 6.04 Å². The minimum absolute atomic E-state index is 0.275. The van der Waals surface area contributed by atoms with E-state index in [0.717, 1.165) is 18.8 Å². The van der Waals surface area contributed by atoms with Gasteiger partial charge in [0.1, 0.15) is 23.8 Å². The van der Waals surface area contributed by atoms with Crippen LogP contribution in [0.2, 0.25) is 0 Å². The van der Waals surface area contributed by atoms with Crippen LogP contribution in [0.3, 0.4) is 0 Å². The van der Waals surface area contributed by atoms with Crippen LogP contribution in [-0.4, -0.2) is 38.9 Å². The van der Waals surface area contributed by atoms with Crippen LogP contribution in [0.25, 0.3) is 5.82 Å². The summed E-state index contributed by atoms with van der Waals surface area (Å²) in [7, 11) is 0. The van der Waals surface area contributed by atoms with E-state index in [4.69, 9.17) is 5.73 Å². The van der Waals surface area contributed by atoms with E-state index >= 15 is 0 Å². The third kappa shape index (κ3) is 2.04. The number of nitriles is 1. The molecular weight excluding hydrogens is 256 g/mol. The topological polar surface area (TPSA) is 117 Å². The summed E-state index contributed by atoms with van der Waals surface area (Å²) in [5, 5.41) is 20.0. The molecule has 3 rings (SSSR count). The summed E-state index contributed by atoms with van der Waals surface area (Å²) in [6, 6.07) is 4.13. The van der Waals surface area contributed by atoms with Crippen molar-refractivity contribution in [1.29, 1.82) is 5.26 Å². The molecule has 1 aliphatic heterocycles.